The number of ether oxygens (including phenoxy) is 9. The first kappa shape index (κ1) is 50.5. The highest BCUT2D eigenvalue weighted by molar-refractivity contribution is 5.89. The van der Waals surface area contributed by atoms with E-state index in [1.54, 1.807) is 12.2 Å². The third-order valence-corrected chi connectivity index (χ3v) is 11.5. The van der Waals surface area contributed by atoms with Gasteiger partial charge in [0.05, 0.1) is 52.3 Å². The Morgan fingerprint density at radius 1 is 0.588 bits per heavy atom. The molecule has 15 atom stereocenters. The third-order valence-electron chi connectivity index (χ3n) is 11.5. The maximum absolute atomic E-state index is 11.7. The molecule has 24 nitrogen and oxygen atoms in total. The molecule has 0 spiro atoms. The second kappa shape index (κ2) is 21.5. The van der Waals surface area contributed by atoms with Crippen molar-refractivity contribution in [2.75, 3.05) is 40.6 Å². The Hall–Kier alpha value is -5.39. The molecule has 14 N–H and O–H groups in total. The normalized spacial score (nSPS) is 32.0. The highest BCUT2D eigenvalue weighted by Crippen LogP contribution is 2.44. The van der Waals surface area contributed by atoms with E-state index in [2.05, 4.69) is 0 Å². The molecule has 0 radical (unpaired) electrons. The van der Waals surface area contributed by atoms with Crippen molar-refractivity contribution in [2.24, 2.45) is 0 Å². The van der Waals surface area contributed by atoms with Gasteiger partial charge in [0.15, 0.2) is 35.4 Å². The number of aromatic hydroxyl groups is 4. The molecule has 0 saturated carbocycles. The lowest BCUT2D eigenvalue weighted by Crippen LogP contribution is -2.65. The van der Waals surface area contributed by atoms with Crippen LogP contribution in [0.1, 0.15) is 5.56 Å². The van der Waals surface area contributed by atoms with E-state index in [0.717, 1.165) is 24.3 Å². The number of aliphatic hydroxyl groups is 10. The van der Waals surface area contributed by atoms with Crippen molar-refractivity contribution in [1.82, 2.24) is 0 Å². The van der Waals surface area contributed by atoms with Crippen molar-refractivity contribution in [2.45, 2.75) is 92.1 Å². The Balaban J connectivity index is 1.25. The van der Waals surface area contributed by atoms with Gasteiger partial charge in [-0.3, -0.25) is 0 Å². The summed E-state index contributed by atoms with van der Waals surface area (Å²) in [5, 5.41) is 148. The van der Waals surface area contributed by atoms with Gasteiger partial charge >= 0.3 is 11.3 Å². The Morgan fingerprint density at radius 3 is 1.79 bits per heavy atom. The van der Waals surface area contributed by atoms with Crippen LogP contribution in [0.2, 0.25) is 0 Å². The maximum Gasteiger partial charge on any atom is 0.402 e. The molecule has 372 valence electrons. The number of hydrogen-bond acceptors (Lipinski definition) is 23. The van der Waals surface area contributed by atoms with Gasteiger partial charge in [-0.2, -0.15) is 0 Å². The van der Waals surface area contributed by atoms with Gasteiger partial charge in [-0.15, -0.1) is 0 Å². The zero-order valence-corrected chi connectivity index (χ0v) is 36.1. The lowest BCUT2D eigenvalue weighted by Gasteiger charge is -2.45. The topological polar surface area (TPSA) is 378 Å². The number of hydrogen-bond donors (Lipinski definition) is 14. The predicted octanol–water partition coefficient (Wildman–Crippen LogP) is -1.86. The van der Waals surface area contributed by atoms with E-state index in [1.807, 2.05) is 0 Å². The number of phenolic OH excluding ortho intramolecular Hbond substituents is 4. The van der Waals surface area contributed by atoms with E-state index in [4.69, 9.17) is 47.0 Å². The SMILES string of the molecule is COc1cc(/C=C/COC[C@H]2O[C@@H](Oc3cc4c(O[C@@H]5O[C@H](CO)[C@@H](O)[C@H](O)[C@H]5O)cc(O)cc4[o+]c3-c3ccc(O)c(O)c3)[C@H](O[C@@H]3O[C@H](CO)[C@@H](O)[C@H](O)[C@H]3O)[C@@H](O)[C@@H]2O)cc(OC)c1O. The van der Waals surface area contributed by atoms with Crippen LogP contribution in [0.5, 0.6) is 46.0 Å². The second-order valence-electron chi connectivity index (χ2n) is 16.0. The lowest BCUT2D eigenvalue weighted by atomic mass is 9.97. The molecule has 24 heteroatoms. The van der Waals surface area contributed by atoms with Crippen LogP contribution in [0, 0.1) is 0 Å². The van der Waals surface area contributed by atoms with E-state index in [1.165, 1.54) is 38.5 Å². The van der Waals surface area contributed by atoms with Crippen molar-refractivity contribution in [3.05, 3.63) is 60.2 Å². The fourth-order valence-corrected chi connectivity index (χ4v) is 7.70. The molecule has 1 aromatic heterocycles. The van der Waals surface area contributed by atoms with Crippen molar-refractivity contribution >= 4 is 17.0 Å². The second-order valence-corrected chi connectivity index (χ2v) is 16.0. The highest BCUT2D eigenvalue weighted by Gasteiger charge is 2.52. The number of phenols is 4. The first-order valence-electron chi connectivity index (χ1n) is 20.9. The fourth-order valence-electron chi connectivity index (χ4n) is 7.70. The van der Waals surface area contributed by atoms with Crippen LogP contribution in [0.3, 0.4) is 0 Å². The molecule has 0 aliphatic carbocycles. The molecule has 3 aliphatic rings. The van der Waals surface area contributed by atoms with E-state index in [-0.39, 0.29) is 57.6 Å². The predicted molar refractivity (Wildman–Crippen MR) is 226 cm³/mol. The highest BCUT2D eigenvalue weighted by atomic mass is 16.8. The van der Waals surface area contributed by atoms with Gasteiger partial charge < -0.3 is 114 Å². The van der Waals surface area contributed by atoms with Gasteiger partial charge in [-0.25, -0.2) is 4.42 Å². The monoisotopic (exact) mass is 965 g/mol. The van der Waals surface area contributed by atoms with Gasteiger partial charge in [0.25, 0.3) is 0 Å². The first-order valence-corrected chi connectivity index (χ1v) is 20.9. The van der Waals surface area contributed by atoms with E-state index in [9.17, 15) is 71.5 Å². The van der Waals surface area contributed by atoms with Crippen LogP contribution >= 0.6 is 0 Å². The molecular formula is C44H53O24+. The minimum atomic E-state index is -2.00. The van der Waals surface area contributed by atoms with Crippen LogP contribution < -0.4 is 18.9 Å². The molecule has 3 aliphatic heterocycles. The first-order chi connectivity index (χ1) is 32.5. The molecule has 0 bridgehead atoms. The standard InChI is InChI=1S/C44H52O24/c1-59-25-8-17(9-26(60-2)31(25)50)4-3-7-61-16-30-34(53)37(56)41(68-43-39(58)36(55)33(52)29(15-46)66-43)44(67-30)64-27-13-20-23(62-40(27)18-5-6-21(48)22(49)10-18)11-19(47)12-24(20)63-42-38(57)35(54)32(51)28(14-45)65-42/h3-6,8-13,28-30,32-39,41-46,51-58H,7,14-16H2,1-2H3,(H3-,47,48,49,50)/p+1/b4-3+/t28-,29-,30-,32-,33-,34-,35+,36+,37+,38-,39-,41-,42-,43+,44-/m1/s1. The zero-order valence-electron chi connectivity index (χ0n) is 36.1. The van der Waals surface area contributed by atoms with Crippen LogP contribution in [0.25, 0.3) is 28.4 Å². The Kier molecular flexibility index (Phi) is 16.0. The quantitative estimate of drug-likeness (QED) is 0.0333. The van der Waals surface area contributed by atoms with Gasteiger partial charge in [0, 0.05) is 18.2 Å². The summed E-state index contributed by atoms with van der Waals surface area (Å²) >= 11 is 0. The molecule has 3 saturated heterocycles. The van der Waals surface area contributed by atoms with Crippen molar-refractivity contribution in [3.63, 3.8) is 0 Å². The molecule has 3 fully saturated rings. The average Bonchev–Trinajstić information content (AvgIpc) is 3.32. The summed E-state index contributed by atoms with van der Waals surface area (Å²) < 4.78 is 57.8. The Bertz CT molecular complexity index is 2350. The molecule has 4 aromatic rings. The van der Waals surface area contributed by atoms with Gasteiger partial charge in [-0.05, 0) is 29.8 Å². The number of rotatable bonds is 16. The van der Waals surface area contributed by atoms with Crippen LogP contribution in [0.4, 0.5) is 0 Å². The largest absolute Gasteiger partial charge is 0.507 e. The van der Waals surface area contributed by atoms with E-state index < -0.39 is 129 Å². The summed E-state index contributed by atoms with van der Waals surface area (Å²) in [6.07, 6.45) is -23.5. The minimum Gasteiger partial charge on any atom is -0.507 e. The lowest BCUT2D eigenvalue weighted by molar-refractivity contribution is -0.358. The van der Waals surface area contributed by atoms with Crippen molar-refractivity contribution in [3.8, 4) is 57.3 Å². The maximum atomic E-state index is 11.7. The van der Waals surface area contributed by atoms with Gasteiger partial charge in [0.2, 0.25) is 24.1 Å². The van der Waals surface area contributed by atoms with Crippen molar-refractivity contribution in [1.29, 1.82) is 0 Å². The van der Waals surface area contributed by atoms with Gasteiger partial charge in [-0.1, -0.05) is 12.2 Å². The van der Waals surface area contributed by atoms with E-state index >= 15 is 0 Å². The van der Waals surface area contributed by atoms with Gasteiger partial charge in [0.1, 0.15) is 84.0 Å². The molecule has 0 amide bonds. The zero-order chi connectivity index (χ0) is 49.1. The number of aliphatic hydroxyl groups excluding tert-OH is 10. The Labute approximate surface area is 385 Å². The number of methoxy groups -OCH3 is 2. The van der Waals surface area contributed by atoms with Crippen LogP contribution in [0.15, 0.2) is 59.0 Å². The number of fused-ring (bicyclic) bond motifs is 1. The summed E-state index contributed by atoms with van der Waals surface area (Å²) in [4.78, 5) is 0. The smallest absolute Gasteiger partial charge is 0.402 e. The minimum absolute atomic E-state index is 0.0234. The summed E-state index contributed by atoms with van der Waals surface area (Å²) in [5.41, 5.74) is 0.425. The summed E-state index contributed by atoms with van der Waals surface area (Å²) in [6.45, 7) is -2.16. The van der Waals surface area contributed by atoms with Crippen LogP contribution in [-0.4, -0.2) is 204 Å². The number of benzene rings is 3. The molecule has 0 unspecified atom stereocenters. The summed E-state index contributed by atoms with van der Waals surface area (Å²) in [6, 6.07) is 10.0. The molecule has 4 heterocycles. The van der Waals surface area contributed by atoms with E-state index in [0.29, 0.717) is 5.56 Å². The van der Waals surface area contributed by atoms with Crippen LogP contribution in [-0.2, 0) is 23.7 Å². The molecule has 7 rings (SSSR count). The summed E-state index contributed by atoms with van der Waals surface area (Å²) in [5.74, 6) is -2.41. The third kappa shape index (κ3) is 10.4. The summed E-state index contributed by atoms with van der Waals surface area (Å²) in [7, 11) is 2.73. The molecular weight excluding hydrogens is 912 g/mol. The molecule has 3 aromatic carbocycles. The molecule has 68 heavy (non-hydrogen) atoms. The Morgan fingerprint density at radius 2 is 1.18 bits per heavy atom. The fraction of sp³-hybridized carbons (Fsp3) is 0.477. The average molecular weight is 966 g/mol. The van der Waals surface area contributed by atoms with Crippen molar-refractivity contribution < 1.29 is 119 Å².